The first-order valence-electron chi connectivity index (χ1n) is 10.8. The van der Waals surface area contributed by atoms with Crippen molar-refractivity contribution < 1.29 is 23.9 Å². The molecule has 31 heavy (non-hydrogen) atoms. The number of nitrogens with one attached hydrogen (secondary N) is 1. The highest BCUT2D eigenvalue weighted by atomic mass is 16.6. The van der Waals surface area contributed by atoms with E-state index in [9.17, 15) is 14.4 Å². The molecule has 1 atom stereocenters. The van der Waals surface area contributed by atoms with E-state index in [4.69, 9.17) is 9.47 Å². The van der Waals surface area contributed by atoms with Gasteiger partial charge in [-0.25, -0.2) is 4.79 Å². The number of para-hydroxylation sites is 1. The summed E-state index contributed by atoms with van der Waals surface area (Å²) in [5.74, 6) is 0.288. The minimum Gasteiger partial charge on any atom is -0.487 e. The van der Waals surface area contributed by atoms with E-state index < -0.39 is 5.60 Å². The summed E-state index contributed by atoms with van der Waals surface area (Å²) in [7, 11) is 0. The number of ether oxygens (including phenoxy) is 2. The predicted molar refractivity (Wildman–Crippen MR) is 115 cm³/mol. The summed E-state index contributed by atoms with van der Waals surface area (Å²) in [5, 5.41) is 2.45. The van der Waals surface area contributed by atoms with Gasteiger partial charge >= 0.3 is 6.09 Å². The lowest BCUT2D eigenvalue weighted by molar-refractivity contribution is -0.134. The van der Waals surface area contributed by atoms with Crippen LogP contribution in [0.5, 0.6) is 5.75 Å². The Hall–Kier alpha value is -2.97. The smallest absolute Gasteiger partial charge is 0.410 e. The number of piperidine rings is 1. The third-order valence-corrected chi connectivity index (χ3v) is 5.72. The van der Waals surface area contributed by atoms with Gasteiger partial charge in [-0.15, -0.1) is 0 Å². The number of fused-ring (bicyclic) bond motifs is 1. The van der Waals surface area contributed by atoms with Crippen molar-refractivity contribution in [3.63, 3.8) is 0 Å². The lowest BCUT2D eigenvalue weighted by Crippen LogP contribution is -2.54. The molecule has 1 aromatic carbocycles. The van der Waals surface area contributed by atoms with Crippen LogP contribution in [0.2, 0.25) is 0 Å². The molecule has 0 spiro atoms. The summed E-state index contributed by atoms with van der Waals surface area (Å²) in [6.07, 6.45) is 0.556. The molecule has 1 N–H and O–H groups in total. The van der Waals surface area contributed by atoms with Crippen molar-refractivity contribution in [3.8, 4) is 5.75 Å². The fourth-order valence-corrected chi connectivity index (χ4v) is 4.26. The van der Waals surface area contributed by atoms with Gasteiger partial charge in [0.2, 0.25) is 11.8 Å². The Kier molecular flexibility index (Phi) is 5.68. The van der Waals surface area contributed by atoms with Gasteiger partial charge < -0.3 is 24.2 Å². The molecule has 1 aromatic rings. The fourth-order valence-electron chi connectivity index (χ4n) is 4.26. The standard InChI is InChI=1S/C22H30N4O5/c1-22(2,3)31-21(29)25-11-9-24(10-12-25)15-5-4-6-16-19(15)30-14-13-26(16)17-7-8-18(27)23-20(17)28/h4-6,17H,7-14H2,1-3H3,(H,23,27,28)/t17-/m1/s1. The monoisotopic (exact) mass is 430 g/mol. The molecule has 0 aromatic heterocycles. The maximum atomic E-state index is 12.4. The number of benzene rings is 1. The van der Waals surface area contributed by atoms with Gasteiger partial charge in [0.1, 0.15) is 18.2 Å². The van der Waals surface area contributed by atoms with Crippen molar-refractivity contribution in [1.29, 1.82) is 0 Å². The van der Waals surface area contributed by atoms with Gasteiger partial charge in [0.25, 0.3) is 0 Å². The van der Waals surface area contributed by atoms with Crippen LogP contribution in [0, 0.1) is 0 Å². The Labute approximate surface area is 182 Å². The van der Waals surface area contributed by atoms with E-state index in [-0.39, 0.29) is 23.9 Å². The van der Waals surface area contributed by atoms with Gasteiger partial charge in [-0.05, 0) is 39.3 Å². The third kappa shape index (κ3) is 4.55. The molecule has 0 radical (unpaired) electrons. The predicted octanol–water partition coefficient (Wildman–Crippen LogP) is 1.75. The number of amides is 3. The van der Waals surface area contributed by atoms with E-state index in [0.717, 1.165) is 17.1 Å². The molecule has 0 aliphatic carbocycles. The van der Waals surface area contributed by atoms with E-state index >= 15 is 0 Å². The van der Waals surface area contributed by atoms with Crippen molar-refractivity contribution >= 4 is 29.3 Å². The molecular weight excluding hydrogens is 400 g/mol. The average molecular weight is 431 g/mol. The molecule has 0 bridgehead atoms. The lowest BCUT2D eigenvalue weighted by atomic mass is 10.0. The quantitative estimate of drug-likeness (QED) is 0.715. The Bertz CT molecular complexity index is 873. The minimum absolute atomic E-state index is 0.216. The molecule has 2 fully saturated rings. The first-order chi connectivity index (χ1) is 14.7. The molecule has 9 nitrogen and oxygen atoms in total. The second kappa shape index (κ2) is 8.28. The zero-order chi connectivity index (χ0) is 22.2. The largest absolute Gasteiger partial charge is 0.487 e. The highest BCUT2D eigenvalue weighted by Crippen LogP contribution is 2.42. The summed E-state index contributed by atoms with van der Waals surface area (Å²) in [6.45, 7) is 9.11. The molecule has 3 amide bonds. The first kappa shape index (κ1) is 21.3. The Morgan fingerprint density at radius 2 is 1.81 bits per heavy atom. The number of hydrogen-bond acceptors (Lipinski definition) is 7. The molecule has 3 heterocycles. The summed E-state index contributed by atoms with van der Waals surface area (Å²) < 4.78 is 11.5. The van der Waals surface area contributed by atoms with Gasteiger partial charge in [0.05, 0.1) is 17.9 Å². The van der Waals surface area contributed by atoms with Gasteiger partial charge in [-0.3, -0.25) is 14.9 Å². The third-order valence-electron chi connectivity index (χ3n) is 5.72. The van der Waals surface area contributed by atoms with E-state index in [2.05, 4.69) is 10.2 Å². The highest BCUT2D eigenvalue weighted by Gasteiger charge is 2.36. The molecule has 0 unspecified atom stereocenters. The first-order valence-corrected chi connectivity index (χ1v) is 10.8. The van der Waals surface area contributed by atoms with E-state index in [1.54, 1.807) is 4.90 Å². The number of carbonyl (C=O) groups is 3. The number of rotatable bonds is 2. The van der Waals surface area contributed by atoms with Crippen molar-refractivity contribution in [3.05, 3.63) is 18.2 Å². The summed E-state index contributed by atoms with van der Waals surface area (Å²) in [5.41, 5.74) is 1.31. The molecule has 3 aliphatic heterocycles. The number of anilines is 2. The van der Waals surface area contributed by atoms with Crippen LogP contribution in [-0.2, 0) is 14.3 Å². The van der Waals surface area contributed by atoms with Crippen LogP contribution in [0.25, 0.3) is 0 Å². The summed E-state index contributed by atoms with van der Waals surface area (Å²) >= 11 is 0. The molecular formula is C22H30N4O5. The second-order valence-corrected chi connectivity index (χ2v) is 9.09. The Balaban J connectivity index is 1.49. The topological polar surface area (TPSA) is 91.4 Å². The lowest BCUT2D eigenvalue weighted by Gasteiger charge is -2.41. The number of carbonyl (C=O) groups excluding carboxylic acids is 3. The van der Waals surface area contributed by atoms with Crippen LogP contribution in [0.3, 0.4) is 0 Å². The van der Waals surface area contributed by atoms with Gasteiger partial charge in [0, 0.05) is 32.6 Å². The van der Waals surface area contributed by atoms with Gasteiger partial charge in [0.15, 0.2) is 5.75 Å². The van der Waals surface area contributed by atoms with Crippen LogP contribution >= 0.6 is 0 Å². The van der Waals surface area contributed by atoms with Crippen LogP contribution in [0.15, 0.2) is 18.2 Å². The average Bonchev–Trinajstić information content (AvgIpc) is 2.72. The van der Waals surface area contributed by atoms with Gasteiger partial charge in [-0.1, -0.05) is 6.07 Å². The van der Waals surface area contributed by atoms with Crippen LogP contribution in [0.1, 0.15) is 33.6 Å². The number of nitrogens with zero attached hydrogens (tertiary/aromatic N) is 3. The molecule has 0 saturated carbocycles. The number of hydrogen-bond donors (Lipinski definition) is 1. The summed E-state index contributed by atoms with van der Waals surface area (Å²) in [4.78, 5) is 42.3. The maximum Gasteiger partial charge on any atom is 0.410 e. The normalized spacial score (nSPS) is 21.9. The zero-order valence-electron chi connectivity index (χ0n) is 18.3. The Morgan fingerprint density at radius 1 is 1.10 bits per heavy atom. The molecule has 9 heteroatoms. The van der Waals surface area contributed by atoms with E-state index in [0.29, 0.717) is 52.2 Å². The zero-order valence-corrected chi connectivity index (χ0v) is 18.3. The van der Waals surface area contributed by atoms with Crippen LogP contribution in [0.4, 0.5) is 16.2 Å². The van der Waals surface area contributed by atoms with Crippen LogP contribution in [-0.4, -0.2) is 73.8 Å². The van der Waals surface area contributed by atoms with Crippen molar-refractivity contribution in [2.24, 2.45) is 0 Å². The minimum atomic E-state index is -0.514. The van der Waals surface area contributed by atoms with Crippen LogP contribution < -0.4 is 19.9 Å². The van der Waals surface area contributed by atoms with E-state index in [1.165, 1.54) is 0 Å². The van der Waals surface area contributed by atoms with Crippen molar-refractivity contribution in [2.45, 2.75) is 45.3 Å². The SMILES string of the molecule is CC(C)(C)OC(=O)N1CCN(c2cccc3c2OCCN3[C@@H]2CCC(=O)NC2=O)CC1. The molecule has 3 aliphatic rings. The maximum absolute atomic E-state index is 12.4. The van der Waals surface area contributed by atoms with Crippen molar-refractivity contribution in [2.75, 3.05) is 49.1 Å². The number of piperazine rings is 1. The van der Waals surface area contributed by atoms with E-state index in [1.807, 2.05) is 43.9 Å². The van der Waals surface area contributed by atoms with Crippen molar-refractivity contribution in [1.82, 2.24) is 10.2 Å². The summed E-state index contributed by atoms with van der Waals surface area (Å²) in [6, 6.07) is 5.55. The molecule has 4 rings (SSSR count). The second-order valence-electron chi connectivity index (χ2n) is 9.09. The Morgan fingerprint density at radius 3 is 2.48 bits per heavy atom. The highest BCUT2D eigenvalue weighted by molar-refractivity contribution is 6.02. The number of imide groups is 1. The molecule has 2 saturated heterocycles. The van der Waals surface area contributed by atoms with Gasteiger partial charge in [-0.2, -0.15) is 0 Å². The molecule has 168 valence electrons. The fraction of sp³-hybridized carbons (Fsp3) is 0.591.